The Labute approximate surface area is 150 Å². The normalized spacial score (nSPS) is 10.0. The number of methoxy groups -OCH3 is 2. The van der Waals surface area contributed by atoms with Crippen LogP contribution in [0.15, 0.2) is 42.5 Å². The van der Waals surface area contributed by atoms with Crippen LogP contribution in [0, 0.1) is 0 Å². The Bertz CT molecular complexity index is 763. The van der Waals surface area contributed by atoms with Crippen molar-refractivity contribution in [3.8, 4) is 11.5 Å². The number of carbonyl (C=O) groups excluding carboxylic acids is 2. The molecule has 132 valence electrons. The molecule has 0 atom stereocenters. The minimum absolute atomic E-state index is 0.0187. The lowest BCUT2D eigenvalue weighted by atomic mass is 10.1. The Balaban J connectivity index is 1.85. The Morgan fingerprint density at radius 1 is 1.04 bits per heavy atom. The van der Waals surface area contributed by atoms with Gasteiger partial charge in [0.2, 0.25) is 0 Å². The van der Waals surface area contributed by atoms with Crippen molar-refractivity contribution in [1.82, 2.24) is 0 Å². The lowest BCUT2D eigenvalue weighted by Gasteiger charge is -2.10. The van der Waals surface area contributed by atoms with Crippen LogP contribution in [0.5, 0.6) is 11.5 Å². The van der Waals surface area contributed by atoms with Gasteiger partial charge < -0.3 is 19.5 Å². The number of anilines is 1. The second-order valence-corrected chi connectivity index (χ2v) is 5.52. The van der Waals surface area contributed by atoms with Gasteiger partial charge in [0.1, 0.15) is 0 Å². The molecule has 0 radical (unpaired) electrons. The van der Waals surface area contributed by atoms with Gasteiger partial charge in [-0.15, -0.1) is 0 Å². The molecule has 0 unspecified atom stereocenters. The summed E-state index contributed by atoms with van der Waals surface area (Å²) in [6, 6.07) is 11.8. The van der Waals surface area contributed by atoms with Crippen LogP contribution >= 0.6 is 11.6 Å². The monoisotopic (exact) mass is 363 g/mol. The van der Waals surface area contributed by atoms with E-state index in [1.165, 1.54) is 14.2 Å². The number of hydrogen-bond donors (Lipinski definition) is 1. The summed E-state index contributed by atoms with van der Waals surface area (Å²) in [7, 11) is 3.05. The number of nitrogens with one attached hydrogen (secondary N) is 1. The second-order valence-electron chi connectivity index (χ2n) is 5.09. The molecule has 0 aliphatic carbocycles. The molecule has 0 aliphatic heterocycles. The standard InChI is InChI=1S/C18H18ClNO5/c1-23-15-7-6-12(8-16(15)24-2)9-18(22)25-11-17(21)20-14-5-3-4-13(19)10-14/h3-8,10H,9,11H2,1-2H3,(H,20,21). The topological polar surface area (TPSA) is 73.9 Å². The quantitative estimate of drug-likeness (QED) is 0.765. The Morgan fingerprint density at radius 2 is 1.80 bits per heavy atom. The fourth-order valence-electron chi connectivity index (χ4n) is 2.12. The zero-order valence-corrected chi connectivity index (χ0v) is 14.6. The van der Waals surface area contributed by atoms with Gasteiger partial charge in [-0.3, -0.25) is 9.59 Å². The van der Waals surface area contributed by atoms with Crippen molar-refractivity contribution in [2.75, 3.05) is 26.1 Å². The SMILES string of the molecule is COc1ccc(CC(=O)OCC(=O)Nc2cccc(Cl)c2)cc1OC. The van der Waals surface area contributed by atoms with Crippen LogP contribution in [0.3, 0.4) is 0 Å². The molecule has 0 aromatic heterocycles. The molecule has 0 spiro atoms. The summed E-state index contributed by atoms with van der Waals surface area (Å²) in [6.07, 6.45) is 0.0187. The average Bonchev–Trinajstić information content (AvgIpc) is 2.60. The number of rotatable bonds is 7. The van der Waals surface area contributed by atoms with E-state index in [1.807, 2.05) is 0 Å². The van der Waals surface area contributed by atoms with Crippen molar-refractivity contribution in [3.63, 3.8) is 0 Å². The van der Waals surface area contributed by atoms with Gasteiger partial charge in [-0.25, -0.2) is 0 Å². The van der Waals surface area contributed by atoms with Gasteiger partial charge in [0.05, 0.1) is 20.6 Å². The highest BCUT2D eigenvalue weighted by Gasteiger charge is 2.11. The van der Waals surface area contributed by atoms with Gasteiger partial charge in [-0.05, 0) is 35.9 Å². The molecule has 0 saturated heterocycles. The van der Waals surface area contributed by atoms with E-state index >= 15 is 0 Å². The average molecular weight is 364 g/mol. The second kappa shape index (κ2) is 8.94. The smallest absolute Gasteiger partial charge is 0.310 e. The van der Waals surface area contributed by atoms with Crippen LogP contribution in [0.4, 0.5) is 5.69 Å². The molecule has 2 aromatic rings. The molecule has 2 rings (SSSR count). The van der Waals surface area contributed by atoms with Gasteiger partial charge in [-0.2, -0.15) is 0 Å². The van der Waals surface area contributed by atoms with Crippen LogP contribution in [0.1, 0.15) is 5.56 Å². The summed E-state index contributed by atoms with van der Waals surface area (Å²) in [6.45, 7) is -0.376. The van der Waals surface area contributed by atoms with Crippen molar-refractivity contribution in [2.45, 2.75) is 6.42 Å². The van der Waals surface area contributed by atoms with Crippen molar-refractivity contribution in [1.29, 1.82) is 0 Å². The molecule has 7 heteroatoms. The van der Waals surface area contributed by atoms with Crippen LogP contribution in [-0.4, -0.2) is 32.7 Å². The van der Waals surface area contributed by atoms with Gasteiger partial charge in [0.15, 0.2) is 18.1 Å². The highest BCUT2D eigenvalue weighted by Crippen LogP contribution is 2.27. The lowest BCUT2D eigenvalue weighted by molar-refractivity contribution is -0.146. The first-order chi connectivity index (χ1) is 12.0. The van der Waals surface area contributed by atoms with Gasteiger partial charge in [0.25, 0.3) is 5.91 Å². The van der Waals surface area contributed by atoms with Crippen LogP contribution in [0.25, 0.3) is 0 Å². The molecule has 25 heavy (non-hydrogen) atoms. The molecule has 0 bridgehead atoms. The zero-order valence-electron chi connectivity index (χ0n) is 13.9. The highest BCUT2D eigenvalue weighted by molar-refractivity contribution is 6.30. The van der Waals surface area contributed by atoms with E-state index in [1.54, 1.807) is 42.5 Å². The summed E-state index contributed by atoms with van der Waals surface area (Å²) in [5.74, 6) is 0.128. The first kappa shape index (κ1) is 18.6. The van der Waals surface area contributed by atoms with Crippen molar-refractivity contribution < 1.29 is 23.8 Å². The molecule has 0 saturated carbocycles. The van der Waals surface area contributed by atoms with E-state index in [0.29, 0.717) is 27.8 Å². The van der Waals surface area contributed by atoms with Crippen LogP contribution in [-0.2, 0) is 20.7 Å². The van der Waals surface area contributed by atoms with Crippen LogP contribution < -0.4 is 14.8 Å². The largest absolute Gasteiger partial charge is 0.493 e. The predicted octanol–water partition coefficient (Wildman–Crippen LogP) is 3.08. The van der Waals surface area contributed by atoms with E-state index in [4.69, 9.17) is 25.8 Å². The maximum Gasteiger partial charge on any atom is 0.310 e. The van der Waals surface area contributed by atoms with Crippen molar-refractivity contribution in [2.24, 2.45) is 0 Å². The lowest BCUT2D eigenvalue weighted by Crippen LogP contribution is -2.21. The minimum Gasteiger partial charge on any atom is -0.493 e. The maximum atomic E-state index is 11.9. The minimum atomic E-state index is -0.520. The number of carbonyl (C=O) groups is 2. The molecular formula is C18H18ClNO5. The van der Waals surface area contributed by atoms with Crippen molar-refractivity contribution in [3.05, 3.63) is 53.1 Å². The molecule has 0 fully saturated rings. The predicted molar refractivity (Wildman–Crippen MR) is 94.3 cm³/mol. The summed E-state index contributed by atoms with van der Waals surface area (Å²) in [4.78, 5) is 23.7. The fraction of sp³-hybridized carbons (Fsp3) is 0.222. The number of ether oxygens (including phenoxy) is 3. The van der Waals surface area contributed by atoms with E-state index in [0.717, 1.165) is 0 Å². The van der Waals surface area contributed by atoms with Crippen molar-refractivity contribution >= 4 is 29.2 Å². The first-order valence-electron chi connectivity index (χ1n) is 7.43. The zero-order chi connectivity index (χ0) is 18.2. The number of esters is 1. The summed E-state index contributed by atoms with van der Waals surface area (Å²) in [5, 5.41) is 3.10. The van der Waals surface area contributed by atoms with Crippen LogP contribution in [0.2, 0.25) is 5.02 Å². The molecular weight excluding hydrogens is 346 g/mol. The van der Waals surface area contributed by atoms with Gasteiger partial charge in [-0.1, -0.05) is 23.7 Å². The Kier molecular flexibility index (Phi) is 6.65. The third-order valence-electron chi connectivity index (χ3n) is 3.27. The molecule has 1 amide bonds. The van der Waals surface area contributed by atoms with E-state index < -0.39 is 11.9 Å². The first-order valence-corrected chi connectivity index (χ1v) is 7.81. The van der Waals surface area contributed by atoms with E-state index in [9.17, 15) is 9.59 Å². The third kappa shape index (κ3) is 5.69. The molecule has 6 nitrogen and oxygen atoms in total. The fourth-order valence-corrected chi connectivity index (χ4v) is 2.31. The maximum absolute atomic E-state index is 11.9. The molecule has 1 N–H and O–H groups in total. The van der Waals surface area contributed by atoms with Gasteiger partial charge in [0, 0.05) is 10.7 Å². The highest BCUT2D eigenvalue weighted by atomic mass is 35.5. The molecule has 2 aromatic carbocycles. The summed E-state index contributed by atoms with van der Waals surface area (Å²) in [5.41, 5.74) is 1.23. The van der Waals surface area contributed by atoms with E-state index in [-0.39, 0.29) is 13.0 Å². The number of hydrogen-bond acceptors (Lipinski definition) is 5. The summed E-state index contributed by atoms with van der Waals surface area (Å²) < 4.78 is 15.3. The third-order valence-corrected chi connectivity index (χ3v) is 3.50. The van der Waals surface area contributed by atoms with Gasteiger partial charge >= 0.3 is 5.97 Å². The number of amides is 1. The Hall–Kier alpha value is -2.73. The molecule has 0 heterocycles. The van der Waals surface area contributed by atoms with E-state index in [2.05, 4.69) is 5.32 Å². The number of benzene rings is 2. The summed E-state index contributed by atoms with van der Waals surface area (Å²) >= 11 is 5.84. The number of halogens is 1. The molecule has 0 aliphatic rings. The Morgan fingerprint density at radius 3 is 2.48 bits per heavy atom.